The van der Waals surface area contributed by atoms with Gasteiger partial charge in [0.25, 0.3) is 0 Å². The zero-order valence-corrected chi connectivity index (χ0v) is 11.3. The molecular formula is C14H27NO2. The second-order valence-electron chi connectivity index (χ2n) is 6.05. The molecule has 1 heterocycles. The van der Waals surface area contributed by atoms with E-state index in [0.29, 0.717) is 6.04 Å². The summed E-state index contributed by atoms with van der Waals surface area (Å²) < 4.78 is 5.40. The van der Waals surface area contributed by atoms with Gasteiger partial charge >= 0.3 is 0 Å². The quantitative estimate of drug-likeness (QED) is 0.819. The molecule has 2 aliphatic rings. The molecule has 100 valence electrons. The third-order valence-electron chi connectivity index (χ3n) is 4.50. The van der Waals surface area contributed by atoms with Crippen molar-refractivity contribution in [1.29, 1.82) is 0 Å². The van der Waals surface area contributed by atoms with Crippen molar-refractivity contribution >= 4 is 0 Å². The lowest BCUT2D eigenvalue weighted by Gasteiger charge is -2.39. The second-order valence-corrected chi connectivity index (χ2v) is 6.05. The highest BCUT2D eigenvalue weighted by molar-refractivity contribution is 4.85. The van der Waals surface area contributed by atoms with Crippen LogP contribution in [0.3, 0.4) is 0 Å². The summed E-state index contributed by atoms with van der Waals surface area (Å²) in [5, 5.41) is 10.1. The van der Waals surface area contributed by atoms with Crippen LogP contribution >= 0.6 is 0 Å². The summed E-state index contributed by atoms with van der Waals surface area (Å²) in [7, 11) is 2.18. The Balaban J connectivity index is 1.82. The van der Waals surface area contributed by atoms with E-state index in [1.807, 2.05) is 0 Å². The van der Waals surface area contributed by atoms with Crippen LogP contribution in [0.4, 0.5) is 0 Å². The van der Waals surface area contributed by atoms with Gasteiger partial charge in [-0.1, -0.05) is 6.92 Å². The normalized spacial score (nSPS) is 36.4. The van der Waals surface area contributed by atoms with Crippen LogP contribution in [-0.4, -0.2) is 49.0 Å². The van der Waals surface area contributed by atoms with E-state index >= 15 is 0 Å². The first kappa shape index (κ1) is 13.3. The maximum Gasteiger partial charge on any atom is 0.0695 e. The molecule has 0 aromatic carbocycles. The van der Waals surface area contributed by atoms with Crippen molar-refractivity contribution in [1.82, 2.24) is 4.90 Å². The fourth-order valence-electron chi connectivity index (χ4n) is 3.28. The average molecular weight is 241 g/mol. The molecule has 1 aliphatic heterocycles. The van der Waals surface area contributed by atoms with Crippen LogP contribution in [0, 0.1) is 11.8 Å². The summed E-state index contributed by atoms with van der Waals surface area (Å²) in [5.74, 6) is 1.53. The van der Waals surface area contributed by atoms with Crippen LogP contribution in [0.1, 0.15) is 39.0 Å². The maximum absolute atomic E-state index is 10.1. The van der Waals surface area contributed by atoms with E-state index in [9.17, 15) is 5.11 Å². The van der Waals surface area contributed by atoms with E-state index in [1.54, 1.807) is 0 Å². The highest BCUT2D eigenvalue weighted by Crippen LogP contribution is 2.28. The van der Waals surface area contributed by atoms with Crippen LogP contribution in [0.2, 0.25) is 0 Å². The van der Waals surface area contributed by atoms with Gasteiger partial charge in [0.1, 0.15) is 0 Å². The standard InChI is InChI=1S/C14H27NO2/c1-11-3-4-14(16)13(9-11)15(2)10-12-5-7-17-8-6-12/h11-14,16H,3-10H2,1-2H3. The van der Waals surface area contributed by atoms with Crippen molar-refractivity contribution in [2.45, 2.75) is 51.2 Å². The summed E-state index contributed by atoms with van der Waals surface area (Å²) in [6.45, 7) is 5.27. The molecule has 1 N–H and O–H groups in total. The van der Waals surface area contributed by atoms with Crippen molar-refractivity contribution in [3.63, 3.8) is 0 Å². The lowest BCUT2D eigenvalue weighted by atomic mass is 9.84. The van der Waals surface area contributed by atoms with Gasteiger partial charge in [-0.05, 0) is 51.0 Å². The first-order chi connectivity index (χ1) is 8.16. The van der Waals surface area contributed by atoms with Crippen LogP contribution in [0.5, 0.6) is 0 Å². The molecular weight excluding hydrogens is 214 g/mol. The second kappa shape index (κ2) is 6.17. The number of hydrogen-bond acceptors (Lipinski definition) is 3. The van der Waals surface area contributed by atoms with E-state index in [4.69, 9.17) is 4.74 Å². The van der Waals surface area contributed by atoms with Crippen molar-refractivity contribution in [2.75, 3.05) is 26.8 Å². The molecule has 1 saturated heterocycles. The average Bonchev–Trinajstić information content (AvgIpc) is 2.33. The number of hydrogen-bond donors (Lipinski definition) is 1. The first-order valence-corrected chi connectivity index (χ1v) is 7.13. The Morgan fingerprint density at radius 2 is 1.88 bits per heavy atom. The third kappa shape index (κ3) is 3.67. The highest BCUT2D eigenvalue weighted by atomic mass is 16.5. The molecule has 0 radical (unpaired) electrons. The van der Waals surface area contributed by atoms with Gasteiger partial charge in [0.2, 0.25) is 0 Å². The Morgan fingerprint density at radius 1 is 1.18 bits per heavy atom. The summed E-state index contributed by atoms with van der Waals surface area (Å²) in [6, 6.07) is 0.376. The van der Waals surface area contributed by atoms with Crippen molar-refractivity contribution in [3.05, 3.63) is 0 Å². The summed E-state index contributed by atoms with van der Waals surface area (Å²) in [5.41, 5.74) is 0. The molecule has 3 atom stereocenters. The number of ether oxygens (including phenoxy) is 1. The molecule has 0 bridgehead atoms. The zero-order valence-electron chi connectivity index (χ0n) is 11.3. The van der Waals surface area contributed by atoms with E-state index in [1.165, 1.54) is 19.3 Å². The van der Waals surface area contributed by atoms with E-state index in [0.717, 1.165) is 44.4 Å². The molecule has 3 unspecified atom stereocenters. The van der Waals surface area contributed by atoms with Crippen LogP contribution in [0.15, 0.2) is 0 Å². The van der Waals surface area contributed by atoms with Crippen LogP contribution in [-0.2, 0) is 4.74 Å². The molecule has 0 aromatic heterocycles. The van der Waals surface area contributed by atoms with Crippen molar-refractivity contribution in [2.24, 2.45) is 11.8 Å². The molecule has 0 aromatic rings. The highest BCUT2D eigenvalue weighted by Gasteiger charge is 2.31. The van der Waals surface area contributed by atoms with Gasteiger partial charge < -0.3 is 14.7 Å². The summed E-state index contributed by atoms with van der Waals surface area (Å²) >= 11 is 0. The van der Waals surface area contributed by atoms with Gasteiger partial charge in [-0.3, -0.25) is 0 Å². The van der Waals surface area contributed by atoms with Gasteiger partial charge in [-0.25, -0.2) is 0 Å². The van der Waals surface area contributed by atoms with Crippen molar-refractivity contribution in [3.8, 4) is 0 Å². The Labute approximate surface area is 105 Å². The lowest BCUT2D eigenvalue weighted by molar-refractivity contribution is -0.00240. The Kier molecular flexibility index (Phi) is 4.83. The lowest BCUT2D eigenvalue weighted by Crippen LogP contribution is -2.47. The first-order valence-electron chi connectivity index (χ1n) is 7.13. The molecule has 3 nitrogen and oxygen atoms in total. The smallest absolute Gasteiger partial charge is 0.0695 e. The van der Waals surface area contributed by atoms with Gasteiger partial charge in [-0.2, -0.15) is 0 Å². The minimum absolute atomic E-state index is 0.115. The Bertz CT molecular complexity index is 228. The molecule has 3 heteroatoms. The molecule has 17 heavy (non-hydrogen) atoms. The minimum atomic E-state index is -0.115. The number of rotatable bonds is 3. The van der Waals surface area contributed by atoms with Gasteiger partial charge in [0.05, 0.1) is 6.10 Å². The molecule has 0 amide bonds. The van der Waals surface area contributed by atoms with Crippen LogP contribution < -0.4 is 0 Å². The Hall–Kier alpha value is -0.120. The van der Waals surface area contributed by atoms with E-state index in [-0.39, 0.29) is 6.10 Å². The minimum Gasteiger partial charge on any atom is -0.391 e. The topological polar surface area (TPSA) is 32.7 Å². The molecule has 2 fully saturated rings. The fourth-order valence-corrected chi connectivity index (χ4v) is 3.28. The molecule has 1 aliphatic carbocycles. The SMILES string of the molecule is CC1CCC(O)C(N(C)CC2CCOCC2)C1. The zero-order chi connectivity index (χ0) is 12.3. The summed E-state index contributed by atoms with van der Waals surface area (Å²) in [4.78, 5) is 2.40. The molecule has 2 rings (SSSR count). The third-order valence-corrected chi connectivity index (χ3v) is 4.50. The van der Waals surface area contributed by atoms with Gasteiger partial charge in [-0.15, -0.1) is 0 Å². The molecule has 0 spiro atoms. The van der Waals surface area contributed by atoms with Crippen LogP contribution in [0.25, 0.3) is 0 Å². The predicted molar refractivity (Wildman–Crippen MR) is 69.0 cm³/mol. The number of nitrogens with zero attached hydrogens (tertiary/aromatic N) is 1. The molecule has 1 saturated carbocycles. The van der Waals surface area contributed by atoms with Gasteiger partial charge in [0, 0.05) is 25.8 Å². The van der Waals surface area contributed by atoms with Gasteiger partial charge in [0.15, 0.2) is 0 Å². The number of aliphatic hydroxyl groups excluding tert-OH is 1. The van der Waals surface area contributed by atoms with Crippen molar-refractivity contribution < 1.29 is 9.84 Å². The Morgan fingerprint density at radius 3 is 2.59 bits per heavy atom. The monoisotopic (exact) mass is 241 g/mol. The number of aliphatic hydroxyl groups is 1. The summed E-state index contributed by atoms with van der Waals surface area (Å²) in [6.07, 6.45) is 5.56. The fraction of sp³-hybridized carbons (Fsp3) is 1.00. The maximum atomic E-state index is 10.1. The predicted octanol–water partition coefficient (Wildman–Crippen LogP) is 1.89. The van der Waals surface area contributed by atoms with E-state index < -0.39 is 0 Å². The van der Waals surface area contributed by atoms with E-state index in [2.05, 4.69) is 18.9 Å². The largest absolute Gasteiger partial charge is 0.391 e. The number of likely N-dealkylation sites (N-methyl/N-ethyl adjacent to an activating group) is 1.